The molecular formula is C21H26N4. The Balaban J connectivity index is 1.70. The van der Waals surface area contributed by atoms with Crippen molar-refractivity contribution < 1.29 is 0 Å². The number of nitrogens with zero attached hydrogens (tertiary/aromatic N) is 3. The molecule has 3 aromatic rings. The van der Waals surface area contributed by atoms with Gasteiger partial charge < -0.3 is 10.3 Å². The van der Waals surface area contributed by atoms with E-state index in [1.54, 1.807) is 0 Å². The molecule has 1 aliphatic rings. The Labute approximate surface area is 149 Å². The maximum absolute atomic E-state index is 5.96. The third-order valence-electron chi connectivity index (χ3n) is 5.14. The second-order valence-electron chi connectivity index (χ2n) is 7.30. The van der Waals surface area contributed by atoms with Crippen LogP contribution in [0.2, 0.25) is 0 Å². The lowest BCUT2D eigenvalue weighted by atomic mass is 10.1. The lowest BCUT2D eigenvalue weighted by molar-refractivity contribution is 0.234. The summed E-state index contributed by atoms with van der Waals surface area (Å²) in [5, 5.41) is 0. The van der Waals surface area contributed by atoms with E-state index in [1.807, 2.05) is 12.1 Å². The maximum atomic E-state index is 5.96. The van der Waals surface area contributed by atoms with Gasteiger partial charge in [0.25, 0.3) is 0 Å². The molecule has 0 spiro atoms. The summed E-state index contributed by atoms with van der Waals surface area (Å²) in [6.07, 6.45) is 2.38. The van der Waals surface area contributed by atoms with Crippen molar-refractivity contribution in [3.05, 3.63) is 59.9 Å². The molecule has 1 atom stereocenters. The molecule has 130 valence electrons. The molecule has 4 nitrogen and oxygen atoms in total. The normalized spacial score (nSPS) is 18.4. The van der Waals surface area contributed by atoms with Crippen LogP contribution in [0.4, 0.5) is 5.69 Å². The number of imidazole rings is 1. The van der Waals surface area contributed by atoms with E-state index < -0.39 is 0 Å². The molecule has 2 N–H and O–H groups in total. The molecule has 1 saturated heterocycles. The predicted octanol–water partition coefficient (Wildman–Crippen LogP) is 4.54. The monoisotopic (exact) mass is 334 g/mol. The van der Waals surface area contributed by atoms with E-state index in [2.05, 4.69) is 59.7 Å². The van der Waals surface area contributed by atoms with Gasteiger partial charge >= 0.3 is 0 Å². The summed E-state index contributed by atoms with van der Waals surface area (Å²) in [5.41, 5.74) is 10.4. The Hall–Kier alpha value is -2.33. The number of likely N-dealkylation sites (tertiary alicyclic amines) is 1. The number of nitrogen functional groups attached to an aromatic ring is 1. The summed E-state index contributed by atoms with van der Waals surface area (Å²) >= 11 is 0. The van der Waals surface area contributed by atoms with Crippen molar-refractivity contribution in [3.8, 4) is 0 Å². The lowest BCUT2D eigenvalue weighted by Gasteiger charge is -2.26. The van der Waals surface area contributed by atoms with Crippen molar-refractivity contribution in [2.45, 2.75) is 45.3 Å². The topological polar surface area (TPSA) is 47.1 Å². The van der Waals surface area contributed by atoms with Gasteiger partial charge in [0.05, 0.1) is 17.1 Å². The van der Waals surface area contributed by atoms with Crippen LogP contribution in [0.5, 0.6) is 0 Å². The van der Waals surface area contributed by atoms with Crippen LogP contribution < -0.4 is 5.73 Å². The van der Waals surface area contributed by atoms with Crippen LogP contribution in [-0.2, 0) is 6.54 Å². The summed E-state index contributed by atoms with van der Waals surface area (Å²) in [5.74, 6) is 1.21. The maximum Gasteiger partial charge on any atom is 0.127 e. The Morgan fingerprint density at radius 3 is 2.80 bits per heavy atom. The molecule has 1 fully saturated rings. The molecule has 0 bridgehead atoms. The first kappa shape index (κ1) is 16.2. The quantitative estimate of drug-likeness (QED) is 0.713. The third-order valence-corrected chi connectivity index (χ3v) is 5.14. The molecule has 0 saturated carbocycles. The number of para-hydroxylation sites is 2. The highest BCUT2D eigenvalue weighted by atomic mass is 15.2. The van der Waals surface area contributed by atoms with E-state index in [9.17, 15) is 0 Å². The first-order valence-corrected chi connectivity index (χ1v) is 9.19. The van der Waals surface area contributed by atoms with Gasteiger partial charge in [-0.1, -0.05) is 24.3 Å². The van der Waals surface area contributed by atoms with Crippen molar-refractivity contribution in [2.24, 2.45) is 0 Å². The van der Waals surface area contributed by atoms with Gasteiger partial charge in [-0.25, -0.2) is 4.98 Å². The average molecular weight is 334 g/mol. The minimum Gasteiger partial charge on any atom is -0.399 e. The zero-order valence-corrected chi connectivity index (χ0v) is 15.0. The number of benzene rings is 2. The molecule has 1 aliphatic heterocycles. The molecule has 25 heavy (non-hydrogen) atoms. The number of anilines is 1. The fraction of sp³-hybridized carbons (Fsp3) is 0.381. The zero-order chi connectivity index (χ0) is 17.4. The molecule has 4 rings (SSSR count). The standard InChI is InChI=1S/C21H26N4/c1-15(2)25-19-10-4-3-9-18(19)23-21(25)20-11-6-12-24(20)14-16-7-5-8-17(22)13-16/h3-5,7-10,13,15,20H,6,11-12,14,22H2,1-2H3. The zero-order valence-electron chi connectivity index (χ0n) is 15.0. The van der Waals surface area contributed by atoms with Crippen LogP contribution in [0.25, 0.3) is 11.0 Å². The highest BCUT2D eigenvalue weighted by molar-refractivity contribution is 5.76. The van der Waals surface area contributed by atoms with Crippen LogP contribution in [0.15, 0.2) is 48.5 Å². The Morgan fingerprint density at radius 1 is 1.16 bits per heavy atom. The molecule has 2 aromatic carbocycles. The fourth-order valence-corrected chi connectivity index (χ4v) is 4.07. The minimum absolute atomic E-state index is 0.372. The van der Waals surface area contributed by atoms with Crippen molar-refractivity contribution in [2.75, 3.05) is 12.3 Å². The van der Waals surface area contributed by atoms with Crippen LogP contribution in [0.1, 0.15) is 50.2 Å². The number of aromatic nitrogens is 2. The first-order valence-electron chi connectivity index (χ1n) is 9.19. The van der Waals surface area contributed by atoms with Gasteiger partial charge in [-0.05, 0) is 63.1 Å². The molecule has 1 unspecified atom stereocenters. The Kier molecular flexibility index (Phi) is 4.22. The average Bonchev–Trinajstić information content (AvgIpc) is 3.18. The molecule has 0 radical (unpaired) electrons. The molecular weight excluding hydrogens is 308 g/mol. The summed E-state index contributed by atoms with van der Waals surface area (Å²) < 4.78 is 2.41. The Morgan fingerprint density at radius 2 is 2.00 bits per heavy atom. The van der Waals surface area contributed by atoms with Gasteiger partial charge in [0, 0.05) is 18.3 Å². The largest absolute Gasteiger partial charge is 0.399 e. The number of rotatable bonds is 4. The smallest absolute Gasteiger partial charge is 0.127 e. The van der Waals surface area contributed by atoms with Gasteiger partial charge in [0.2, 0.25) is 0 Å². The third kappa shape index (κ3) is 3.02. The van der Waals surface area contributed by atoms with Crippen LogP contribution in [0.3, 0.4) is 0 Å². The second kappa shape index (κ2) is 6.52. The van der Waals surface area contributed by atoms with Crippen molar-refractivity contribution in [3.63, 3.8) is 0 Å². The summed E-state index contributed by atoms with van der Waals surface area (Å²) in [6.45, 7) is 6.53. The van der Waals surface area contributed by atoms with E-state index >= 15 is 0 Å². The first-order chi connectivity index (χ1) is 12.1. The highest BCUT2D eigenvalue weighted by Gasteiger charge is 2.31. The SMILES string of the molecule is CC(C)n1c(C2CCCN2Cc2cccc(N)c2)nc2ccccc21. The van der Waals surface area contributed by atoms with Crippen LogP contribution in [0, 0.1) is 0 Å². The lowest BCUT2D eigenvalue weighted by Crippen LogP contribution is -2.25. The van der Waals surface area contributed by atoms with Gasteiger partial charge in [-0.3, -0.25) is 4.90 Å². The van der Waals surface area contributed by atoms with Crippen LogP contribution in [-0.4, -0.2) is 21.0 Å². The molecule has 2 heterocycles. The Bertz CT molecular complexity index is 880. The van der Waals surface area contributed by atoms with Crippen LogP contribution >= 0.6 is 0 Å². The fourth-order valence-electron chi connectivity index (χ4n) is 4.07. The van der Waals surface area contributed by atoms with Gasteiger partial charge in [0.15, 0.2) is 0 Å². The molecule has 0 amide bonds. The van der Waals surface area contributed by atoms with E-state index in [4.69, 9.17) is 10.7 Å². The van der Waals surface area contributed by atoms with Crippen molar-refractivity contribution >= 4 is 16.7 Å². The number of nitrogens with two attached hydrogens (primary N) is 1. The van der Waals surface area contributed by atoms with E-state index in [0.717, 1.165) is 24.3 Å². The van der Waals surface area contributed by atoms with Gasteiger partial charge in [-0.15, -0.1) is 0 Å². The van der Waals surface area contributed by atoms with E-state index in [1.165, 1.54) is 29.7 Å². The summed E-state index contributed by atoms with van der Waals surface area (Å²) in [4.78, 5) is 7.57. The number of hydrogen-bond acceptors (Lipinski definition) is 3. The van der Waals surface area contributed by atoms with E-state index in [0.29, 0.717) is 12.1 Å². The number of hydrogen-bond donors (Lipinski definition) is 1. The molecule has 4 heteroatoms. The van der Waals surface area contributed by atoms with E-state index in [-0.39, 0.29) is 0 Å². The molecule has 1 aromatic heterocycles. The minimum atomic E-state index is 0.372. The molecule has 0 aliphatic carbocycles. The second-order valence-corrected chi connectivity index (χ2v) is 7.30. The van der Waals surface area contributed by atoms with Crippen molar-refractivity contribution in [1.82, 2.24) is 14.5 Å². The van der Waals surface area contributed by atoms with Crippen molar-refractivity contribution in [1.29, 1.82) is 0 Å². The number of fused-ring (bicyclic) bond motifs is 1. The van der Waals surface area contributed by atoms with Gasteiger partial charge in [-0.2, -0.15) is 0 Å². The summed E-state index contributed by atoms with van der Waals surface area (Å²) in [7, 11) is 0. The highest BCUT2D eigenvalue weighted by Crippen LogP contribution is 2.36. The summed E-state index contributed by atoms with van der Waals surface area (Å²) in [6, 6.07) is 17.5. The van der Waals surface area contributed by atoms with Gasteiger partial charge in [0.1, 0.15) is 5.82 Å². The predicted molar refractivity (Wildman–Crippen MR) is 103 cm³/mol.